The highest BCUT2D eigenvalue weighted by molar-refractivity contribution is 6.00. The Bertz CT molecular complexity index is 843. The van der Waals surface area contributed by atoms with E-state index in [9.17, 15) is 19.5 Å². The summed E-state index contributed by atoms with van der Waals surface area (Å²) in [5.41, 5.74) is -1.72. The Balaban J connectivity index is 2.51. The number of aromatic amines is 1. The fraction of sp³-hybridized carbons (Fsp3) is 0.357. The quantitative estimate of drug-likeness (QED) is 0.785. The van der Waals surface area contributed by atoms with Gasteiger partial charge in [-0.05, 0) is 25.5 Å². The van der Waals surface area contributed by atoms with Gasteiger partial charge in [-0.1, -0.05) is 6.07 Å². The Morgan fingerprint density at radius 1 is 1.43 bits per heavy atom. The number of ether oxygens (including phenoxy) is 1. The number of carboxylic acid groups (broad SMARTS) is 1. The molecule has 2 heterocycles. The molecule has 110 valence electrons. The third kappa shape index (κ3) is 1.97. The standard InChI is InChI=1S/C14H14N2O5/c1-14(5-6-21-7-14)16-10-8(13(19)20)3-2-4-9(10)15-11(17)12(16)18/h2-4H,5-7H2,1H3,(H,15,17)(H,19,20). The number of nitrogens with one attached hydrogen (secondary N) is 1. The van der Waals surface area contributed by atoms with Crippen molar-refractivity contribution in [2.24, 2.45) is 0 Å². The lowest BCUT2D eigenvalue weighted by molar-refractivity contribution is 0.0698. The SMILES string of the molecule is CC1(n2c(=O)c(=O)[nH]c3cccc(C(=O)O)c32)CCOC1. The average molecular weight is 290 g/mol. The minimum absolute atomic E-state index is 0.0195. The van der Waals surface area contributed by atoms with Gasteiger partial charge in [0.05, 0.1) is 28.7 Å². The summed E-state index contributed by atoms with van der Waals surface area (Å²) in [6.07, 6.45) is 0.541. The van der Waals surface area contributed by atoms with Crippen LogP contribution in [-0.2, 0) is 10.3 Å². The van der Waals surface area contributed by atoms with Gasteiger partial charge in [-0.25, -0.2) is 4.79 Å². The van der Waals surface area contributed by atoms with Gasteiger partial charge in [-0.3, -0.25) is 14.2 Å². The number of aromatic nitrogens is 2. The number of H-pyrrole nitrogens is 1. The molecule has 1 aromatic heterocycles. The van der Waals surface area contributed by atoms with Crippen LogP contribution >= 0.6 is 0 Å². The number of para-hydroxylation sites is 1. The Morgan fingerprint density at radius 3 is 2.81 bits per heavy atom. The molecule has 1 saturated heterocycles. The predicted octanol–water partition coefficient (Wildman–Crippen LogP) is 0.523. The van der Waals surface area contributed by atoms with Crippen LogP contribution in [-0.4, -0.2) is 33.8 Å². The van der Waals surface area contributed by atoms with Crippen LogP contribution in [0.4, 0.5) is 0 Å². The smallest absolute Gasteiger partial charge is 0.337 e. The lowest BCUT2D eigenvalue weighted by Crippen LogP contribution is -2.46. The first-order valence-electron chi connectivity index (χ1n) is 6.54. The van der Waals surface area contributed by atoms with E-state index in [4.69, 9.17) is 4.74 Å². The van der Waals surface area contributed by atoms with Gasteiger partial charge in [0.25, 0.3) is 0 Å². The van der Waals surface area contributed by atoms with E-state index >= 15 is 0 Å². The van der Waals surface area contributed by atoms with Gasteiger partial charge in [-0.2, -0.15) is 0 Å². The highest BCUT2D eigenvalue weighted by Crippen LogP contribution is 2.29. The topological polar surface area (TPSA) is 101 Å². The molecule has 1 aromatic carbocycles. The van der Waals surface area contributed by atoms with Gasteiger partial charge >= 0.3 is 17.1 Å². The molecule has 0 radical (unpaired) electrons. The lowest BCUT2D eigenvalue weighted by Gasteiger charge is -2.27. The van der Waals surface area contributed by atoms with Crippen molar-refractivity contribution in [1.82, 2.24) is 9.55 Å². The van der Waals surface area contributed by atoms with Crippen LogP contribution in [0.1, 0.15) is 23.7 Å². The van der Waals surface area contributed by atoms with Crippen molar-refractivity contribution in [3.8, 4) is 0 Å². The van der Waals surface area contributed by atoms with E-state index in [1.54, 1.807) is 13.0 Å². The number of benzene rings is 1. The van der Waals surface area contributed by atoms with Gasteiger partial charge in [0.2, 0.25) is 0 Å². The zero-order valence-electron chi connectivity index (χ0n) is 11.4. The second kappa shape index (κ2) is 4.56. The highest BCUT2D eigenvalue weighted by atomic mass is 16.5. The molecule has 0 saturated carbocycles. The van der Waals surface area contributed by atoms with Gasteiger partial charge in [0.15, 0.2) is 0 Å². The van der Waals surface area contributed by atoms with E-state index in [0.717, 1.165) is 0 Å². The molecular weight excluding hydrogens is 276 g/mol. The summed E-state index contributed by atoms with van der Waals surface area (Å²) in [6.45, 7) is 2.52. The van der Waals surface area contributed by atoms with Crippen LogP contribution in [0, 0.1) is 0 Å². The summed E-state index contributed by atoms with van der Waals surface area (Å²) in [7, 11) is 0. The first-order chi connectivity index (χ1) is 9.94. The summed E-state index contributed by atoms with van der Waals surface area (Å²) in [6, 6.07) is 4.53. The average Bonchev–Trinajstić information content (AvgIpc) is 2.87. The molecule has 1 aliphatic heterocycles. The fourth-order valence-corrected chi connectivity index (χ4v) is 2.78. The molecule has 0 aliphatic carbocycles. The molecule has 1 unspecified atom stereocenters. The molecule has 7 heteroatoms. The predicted molar refractivity (Wildman–Crippen MR) is 74.9 cm³/mol. The van der Waals surface area contributed by atoms with Crippen LogP contribution in [0.5, 0.6) is 0 Å². The van der Waals surface area contributed by atoms with Crippen LogP contribution in [0.3, 0.4) is 0 Å². The summed E-state index contributed by atoms with van der Waals surface area (Å²) in [5.74, 6) is -1.15. The first kappa shape index (κ1) is 13.6. The maximum absolute atomic E-state index is 12.3. The second-order valence-electron chi connectivity index (χ2n) is 5.40. The van der Waals surface area contributed by atoms with Crippen LogP contribution in [0.25, 0.3) is 11.0 Å². The third-order valence-corrected chi connectivity index (χ3v) is 3.87. The normalized spacial score (nSPS) is 21.8. The molecule has 0 bridgehead atoms. The monoisotopic (exact) mass is 290 g/mol. The van der Waals surface area contributed by atoms with Crippen molar-refractivity contribution in [2.45, 2.75) is 18.9 Å². The molecular formula is C14H14N2O5. The number of hydrogen-bond acceptors (Lipinski definition) is 4. The molecule has 2 N–H and O–H groups in total. The minimum atomic E-state index is -1.15. The largest absolute Gasteiger partial charge is 0.478 e. The van der Waals surface area contributed by atoms with Crippen molar-refractivity contribution in [2.75, 3.05) is 13.2 Å². The van der Waals surface area contributed by atoms with Crippen molar-refractivity contribution < 1.29 is 14.6 Å². The highest BCUT2D eigenvalue weighted by Gasteiger charge is 2.35. The minimum Gasteiger partial charge on any atom is -0.478 e. The Hall–Kier alpha value is -2.41. The van der Waals surface area contributed by atoms with Crippen LogP contribution in [0.15, 0.2) is 27.8 Å². The molecule has 1 atom stereocenters. The van der Waals surface area contributed by atoms with E-state index in [2.05, 4.69) is 4.98 Å². The van der Waals surface area contributed by atoms with Crippen molar-refractivity contribution in [3.05, 3.63) is 44.5 Å². The van der Waals surface area contributed by atoms with Crippen LogP contribution < -0.4 is 11.1 Å². The number of rotatable bonds is 2. The summed E-state index contributed by atoms with van der Waals surface area (Å²) < 4.78 is 6.61. The number of nitrogens with zero attached hydrogens (tertiary/aromatic N) is 1. The molecule has 7 nitrogen and oxygen atoms in total. The zero-order chi connectivity index (χ0) is 15.2. The third-order valence-electron chi connectivity index (χ3n) is 3.87. The Morgan fingerprint density at radius 2 is 2.19 bits per heavy atom. The molecule has 2 aromatic rings. The molecule has 0 amide bonds. The Labute approximate surface area is 118 Å². The fourth-order valence-electron chi connectivity index (χ4n) is 2.78. The maximum Gasteiger partial charge on any atom is 0.337 e. The summed E-state index contributed by atoms with van der Waals surface area (Å²) in [4.78, 5) is 38.1. The maximum atomic E-state index is 12.3. The Kier molecular flexibility index (Phi) is 2.94. The van der Waals surface area contributed by atoms with Crippen LogP contribution in [0.2, 0.25) is 0 Å². The van der Waals surface area contributed by atoms with E-state index in [0.29, 0.717) is 18.5 Å². The second-order valence-corrected chi connectivity index (χ2v) is 5.40. The molecule has 3 rings (SSSR count). The first-order valence-corrected chi connectivity index (χ1v) is 6.54. The number of hydrogen-bond donors (Lipinski definition) is 2. The molecule has 1 aliphatic rings. The van der Waals surface area contributed by atoms with E-state index < -0.39 is 22.6 Å². The number of carboxylic acids is 1. The molecule has 1 fully saturated rings. The molecule has 0 spiro atoms. The van der Waals surface area contributed by atoms with Crippen molar-refractivity contribution in [3.63, 3.8) is 0 Å². The zero-order valence-corrected chi connectivity index (χ0v) is 11.4. The molecule has 21 heavy (non-hydrogen) atoms. The van der Waals surface area contributed by atoms with Crippen molar-refractivity contribution >= 4 is 17.0 Å². The summed E-state index contributed by atoms with van der Waals surface area (Å²) >= 11 is 0. The van der Waals surface area contributed by atoms with Gasteiger partial charge in [-0.15, -0.1) is 0 Å². The van der Waals surface area contributed by atoms with Gasteiger partial charge < -0.3 is 14.8 Å². The van der Waals surface area contributed by atoms with Crippen molar-refractivity contribution in [1.29, 1.82) is 0 Å². The lowest BCUT2D eigenvalue weighted by atomic mass is 9.99. The summed E-state index contributed by atoms with van der Waals surface area (Å²) in [5, 5.41) is 9.36. The number of fused-ring (bicyclic) bond motifs is 1. The van der Waals surface area contributed by atoms with Gasteiger partial charge in [0.1, 0.15) is 0 Å². The number of aromatic carboxylic acids is 1. The van der Waals surface area contributed by atoms with E-state index in [-0.39, 0.29) is 17.7 Å². The van der Waals surface area contributed by atoms with E-state index in [1.807, 2.05) is 0 Å². The van der Waals surface area contributed by atoms with E-state index in [1.165, 1.54) is 16.7 Å². The number of carbonyl (C=O) groups is 1. The van der Waals surface area contributed by atoms with Gasteiger partial charge in [0, 0.05) is 6.61 Å².